The Balaban J connectivity index is 2.03. The van der Waals surface area contributed by atoms with Gasteiger partial charge in [-0.05, 0) is 0 Å². The first-order chi connectivity index (χ1) is 15.4. The van der Waals surface area contributed by atoms with Crippen LogP contribution in [0.5, 0.6) is 17.2 Å². The van der Waals surface area contributed by atoms with Crippen LogP contribution in [0.15, 0.2) is 60.7 Å². The van der Waals surface area contributed by atoms with Gasteiger partial charge in [-0.2, -0.15) is 0 Å². The second-order valence-corrected chi connectivity index (χ2v) is 17.1. The first-order valence-electron chi connectivity index (χ1n) is 10.9. The summed E-state index contributed by atoms with van der Waals surface area (Å²) in [5, 5.41) is 0. The number of rotatable bonds is 4. The van der Waals surface area contributed by atoms with Crippen molar-refractivity contribution in [1.29, 1.82) is 0 Å². The van der Waals surface area contributed by atoms with E-state index in [0.717, 1.165) is 30.3 Å². The topological polar surface area (TPSA) is 30.9 Å². The Morgan fingerprint density at radius 3 is 1.59 bits per heavy atom. The number of hydrogen-bond donors (Lipinski definition) is 0. The molecule has 0 N–H and O–H groups in total. The molecule has 0 aliphatic carbocycles. The molecule has 1 aliphatic rings. The molecule has 3 aromatic carbocycles. The summed E-state index contributed by atoms with van der Waals surface area (Å²) in [5.74, 6) is 2.47. The second kappa shape index (κ2) is 9.41. The van der Waals surface area contributed by atoms with Gasteiger partial charge in [0.2, 0.25) is 0 Å². The van der Waals surface area contributed by atoms with Gasteiger partial charge < -0.3 is 0 Å². The monoisotopic (exact) mass is 627 g/mol. The van der Waals surface area contributed by atoms with Crippen molar-refractivity contribution in [3.63, 3.8) is 0 Å². The summed E-state index contributed by atoms with van der Waals surface area (Å²) in [7, 11) is 5.16. The molecular formula is C27H32BiNO3. The fourth-order valence-corrected chi connectivity index (χ4v) is 15.2. The predicted octanol–water partition coefficient (Wildman–Crippen LogP) is 3.34. The molecule has 32 heavy (non-hydrogen) atoms. The van der Waals surface area contributed by atoms with Gasteiger partial charge in [-0.15, -0.1) is 0 Å². The maximum absolute atomic E-state index is 5.94. The van der Waals surface area contributed by atoms with E-state index in [4.69, 9.17) is 14.2 Å². The summed E-state index contributed by atoms with van der Waals surface area (Å²) in [6.45, 7) is 8.77. The Hall–Kier alpha value is -2.10. The maximum atomic E-state index is 5.94. The molecular weight excluding hydrogens is 595 g/mol. The van der Waals surface area contributed by atoms with Gasteiger partial charge in [0.25, 0.3) is 0 Å². The molecule has 1 heterocycles. The summed E-state index contributed by atoms with van der Waals surface area (Å²) in [5.41, 5.74) is 2.89. The summed E-state index contributed by atoms with van der Waals surface area (Å²) in [6, 6.07) is 21.9. The molecule has 0 saturated carbocycles. The van der Waals surface area contributed by atoms with Crippen molar-refractivity contribution < 1.29 is 14.2 Å². The van der Waals surface area contributed by atoms with Crippen molar-refractivity contribution in [1.82, 2.24) is 4.90 Å². The van der Waals surface area contributed by atoms with Crippen molar-refractivity contribution in [3.8, 4) is 17.2 Å². The van der Waals surface area contributed by atoms with Crippen molar-refractivity contribution in [2.75, 3.05) is 21.3 Å². The number of fused-ring (bicyclic) bond motifs is 2. The van der Waals surface area contributed by atoms with Crippen LogP contribution >= 0.6 is 0 Å². The number of hydrogen-bond acceptors (Lipinski definition) is 4. The second-order valence-electron chi connectivity index (χ2n) is 9.00. The molecule has 0 amide bonds. The zero-order valence-corrected chi connectivity index (χ0v) is 23.3. The van der Waals surface area contributed by atoms with Crippen LogP contribution in [0.25, 0.3) is 0 Å². The Morgan fingerprint density at radius 1 is 0.719 bits per heavy atom. The predicted molar refractivity (Wildman–Crippen MR) is 133 cm³/mol. The first kappa shape index (κ1) is 23.1. The molecule has 1 aliphatic heterocycles. The molecule has 0 aromatic heterocycles. The van der Waals surface area contributed by atoms with E-state index in [2.05, 4.69) is 74.2 Å². The van der Waals surface area contributed by atoms with E-state index < -0.39 is 21.8 Å². The molecule has 0 unspecified atom stereocenters. The van der Waals surface area contributed by atoms with Gasteiger partial charge in [-0.1, -0.05) is 0 Å². The van der Waals surface area contributed by atoms with E-state index in [1.54, 1.807) is 21.3 Å². The summed E-state index contributed by atoms with van der Waals surface area (Å²) in [6.07, 6.45) is 0. The number of ether oxygens (including phenoxy) is 3. The van der Waals surface area contributed by atoms with Gasteiger partial charge in [-0.3, -0.25) is 0 Å². The Kier molecular flexibility index (Phi) is 6.79. The van der Waals surface area contributed by atoms with Crippen LogP contribution in [0.4, 0.5) is 0 Å². The van der Waals surface area contributed by atoms with Crippen LogP contribution in [0.1, 0.15) is 31.9 Å². The van der Waals surface area contributed by atoms with Gasteiger partial charge >= 0.3 is 200 Å². The summed E-state index contributed by atoms with van der Waals surface area (Å²) in [4.78, 5) is 2.58. The molecule has 0 radical (unpaired) electrons. The fraction of sp³-hybridized carbons (Fsp3) is 0.333. The minimum absolute atomic E-state index is 0.0668. The number of methoxy groups -OCH3 is 3. The fourth-order valence-electron chi connectivity index (χ4n) is 4.25. The van der Waals surface area contributed by atoms with Crippen LogP contribution in [0.3, 0.4) is 0 Å². The van der Waals surface area contributed by atoms with Gasteiger partial charge in [-0.25, -0.2) is 0 Å². The van der Waals surface area contributed by atoms with Crippen LogP contribution in [0.2, 0.25) is 0 Å². The molecule has 168 valence electrons. The number of nitrogens with zero attached hydrogens (tertiary/aromatic N) is 1. The normalized spacial score (nSPS) is 14.7. The third kappa shape index (κ3) is 4.38. The van der Waals surface area contributed by atoms with E-state index in [1.807, 2.05) is 12.1 Å². The van der Waals surface area contributed by atoms with E-state index in [9.17, 15) is 0 Å². The van der Waals surface area contributed by atoms with Gasteiger partial charge in [0.15, 0.2) is 0 Å². The third-order valence-electron chi connectivity index (χ3n) is 6.05. The van der Waals surface area contributed by atoms with Gasteiger partial charge in [0.1, 0.15) is 0 Å². The third-order valence-corrected chi connectivity index (χ3v) is 16.6. The zero-order chi connectivity index (χ0) is 22.9. The molecule has 0 saturated heterocycles. The summed E-state index contributed by atoms with van der Waals surface area (Å²) >= 11 is -2.80. The van der Waals surface area contributed by atoms with Gasteiger partial charge in [0, 0.05) is 0 Å². The molecule has 5 heteroatoms. The minimum atomic E-state index is -2.80. The zero-order valence-electron chi connectivity index (χ0n) is 19.8. The van der Waals surface area contributed by atoms with Crippen LogP contribution in [0, 0.1) is 0 Å². The van der Waals surface area contributed by atoms with Crippen molar-refractivity contribution in [2.24, 2.45) is 0 Å². The van der Waals surface area contributed by atoms with Crippen LogP contribution in [-0.4, -0.2) is 53.5 Å². The average molecular weight is 628 g/mol. The molecule has 0 bridgehead atoms. The Bertz CT molecular complexity index is 1030. The van der Waals surface area contributed by atoms with Crippen molar-refractivity contribution in [3.05, 3.63) is 71.8 Å². The Labute approximate surface area is 199 Å². The molecule has 0 spiro atoms. The molecule has 4 rings (SSSR count). The Morgan fingerprint density at radius 2 is 1.19 bits per heavy atom. The van der Waals surface area contributed by atoms with Crippen molar-refractivity contribution in [2.45, 2.75) is 39.4 Å². The number of benzene rings is 3. The SMILES string of the molecule is COc1cc(OC)[c]([Bi]2[c]3ccccc3CN(C(C)(C)C)Cc3cccc[c]32)c(OC)c1. The molecule has 0 atom stereocenters. The van der Waals surface area contributed by atoms with Crippen molar-refractivity contribution >= 4 is 31.6 Å². The molecule has 3 aromatic rings. The van der Waals surface area contributed by atoms with Crippen LogP contribution in [-0.2, 0) is 13.1 Å². The van der Waals surface area contributed by atoms with E-state index in [-0.39, 0.29) is 5.54 Å². The standard InChI is InChI=1S/C18H21N.C9H11O3.Bi/c1-18(2,3)19(14-16-10-6-4-7-11-16)15-17-12-8-5-9-13-17;1-10-7-4-8(11-2)6-9(5-7)12-3;/h4-10,12H,14-15H2,1-3H3;4-5H,1-3H3;. The van der Waals surface area contributed by atoms with E-state index in [1.165, 1.54) is 20.9 Å². The van der Waals surface area contributed by atoms with Crippen LogP contribution < -0.4 is 24.0 Å². The summed E-state index contributed by atoms with van der Waals surface area (Å²) < 4.78 is 21.6. The van der Waals surface area contributed by atoms with Gasteiger partial charge in [0.05, 0.1) is 0 Å². The van der Waals surface area contributed by atoms with E-state index >= 15 is 0 Å². The quantitative estimate of drug-likeness (QED) is 0.416. The first-order valence-corrected chi connectivity index (χ1v) is 16.1. The van der Waals surface area contributed by atoms with E-state index in [0.29, 0.717) is 0 Å². The average Bonchev–Trinajstić information content (AvgIpc) is 2.78. The molecule has 0 fully saturated rings. The molecule has 4 nitrogen and oxygen atoms in total.